The number of thioether (sulfide) groups is 1. The van der Waals surface area contributed by atoms with E-state index >= 15 is 0 Å². The molecule has 0 aliphatic rings. The summed E-state index contributed by atoms with van der Waals surface area (Å²) in [5.41, 5.74) is 0.651. The van der Waals surface area contributed by atoms with Crippen LogP contribution >= 0.6 is 11.8 Å². The Bertz CT molecular complexity index is 644. The van der Waals surface area contributed by atoms with Crippen molar-refractivity contribution in [2.24, 2.45) is 0 Å². The van der Waals surface area contributed by atoms with Gasteiger partial charge in [0, 0.05) is 6.42 Å². The van der Waals surface area contributed by atoms with Gasteiger partial charge in [0.25, 0.3) is 0 Å². The van der Waals surface area contributed by atoms with Gasteiger partial charge in [-0.1, -0.05) is 30.8 Å². The monoisotopic (exact) mass is 321 g/mol. The van der Waals surface area contributed by atoms with E-state index in [2.05, 4.69) is 15.5 Å². The zero-order valence-corrected chi connectivity index (χ0v) is 13.4. The molecule has 0 atom stereocenters. The lowest BCUT2D eigenvalue weighted by atomic mass is 10.3. The third-order valence-corrected chi connectivity index (χ3v) is 3.79. The molecule has 3 N–H and O–H groups in total. The van der Waals surface area contributed by atoms with Gasteiger partial charge in [0.05, 0.1) is 18.0 Å². The molecule has 2 aromatic rings. The first-order valence-corrected chi connectivity index (χ1v) is 7.98. The number of nitrogens with zero attached hydrogens (tertiary/aromatic N) is 3. The number of para-hydroxylation sites is 2. The standard InChI is InChI=1S/C14H19N5O2S/c1-3-12-17-18-14(19(12)15)22-9-13(20)16-10-7-5-6-8-11(10)21-4-2/h5-8H,3-4,9,15H2,1-2H3,(H,16,20). The number of benzene rings is 1. The summed E-state index contributed by atoms with van der Waals surface area (Å²) in [5.74, 6) is 7.21. The molecule has 1 amide bonds. The van der Waals surface area contributed by atoms with Crippen LogP contribution in [0, 0.1) is 0 Å². The Kier molecular flexibility index (Phi) is 5.65. The SMILES string of the molecule is CCOc1ccccc1NC(=O)CSc1nnc(CC)n1N. The molecule has 0 aliphatic heterocycles. The second kappa shape index (κ2) is 7.69. The summed E-state index contributed by atoms with van der Waals surface area (Å²) < 4.78 is 6.88. The van der Waals surface area contributed by atoms with E-state index in [4.69, 9.17) is 10.6 Å². The number of hydrogen-bond donors (Lipinski definition) is 2. The van der Waals surface area contributed by atoms with Crippen molar-refractivity contribution in [1.29, 1.82) is 0 Å². The summed E-state index contributed by atoms with van der Waals surface area (Å²) in [6, 6.07) is 7.32. The maximum absolute atomic E-state index is 12.0. The molecule has 2 rings (SSSR count). The molecule has 0 saturated carbocycles. The topological polar surface area (TPSA) is 95.1 Å². The van der Waals surface area contributed by atoms with Gasteiger partial charge in [-0.05, 0) is 19.1 Å². The summed E-state index contributed by atoms with van der Waals surface area (Å²) in [7, 11) is 0. The van der Waals surface area contributed by atoms with E-state index in [-0.39, 0.29) is 11.7 Å². The zero-order chi connectivity index (χ0) is 15.9. The lowest BCUT2D eigenvalue weighted by molar-refractivity contribution is -0.113. The van der Waals surface area contributed by atoms with Crippen LogP contribution in [0.3, 0.4) is 0 Å². The van der Waals surface area contributed by atoms with Crippen molar-refractivity contribution < 1.29 is 9.53 Å². The first-order chi connectivity index (χ1) is 10.7. The number of anilines is 1. The molecule has 0 bridgehead atoms. The van der Waals surface area contributed by atoms with Gasteiger partial charge in [-0.2, -0.15) is 0 Å². The van der Waals surface area contributed by atoms with Crippen LogP contribution in [0.25, 0.3) is 0 Å². The number of aromatic nitrogens is 3. The van der Waals surface area contributed by atoms with Crippen LogP contribution in [0.2, 0.25) is 0 Å². The van der Waals surface area contributed by atoms with Gasteiger partial charge in [0.15, 0.2) is 5.82 Å². The number of nitrogens with one attached hydrogen (secondary N) is 1. The molecule has 0 aliphatic carbocycles. The number of nitrogens with two attached hydrogens (primary N) is 1. The highest BCUT2D eigenvalue weighted by atomic mass is 32.2. The molecule has 0 fully saturated rings. The first-order valence-electron chi connectivity index (χ1n) is 6.99. The number of amides is 1. The Morgan fingerprint density at radius 2 is 2.14 bits per heavy atom. The van der Waals surface area contributed by atoms with Gasteiger partial charge in [-0.3, -0.25) is 4.79 Å². The van der Waals surface area contributed by atoms with Crippen molar-refractivity contribution in [3.63, 3.8) is 0 Å². The average molecular weight is 321 g/mol. The molecule has 22 heavy (non-hydrogen) atoms. The second-order valence-corrected chi connectivity index (χ2v) is 5.33. The third kappa shape index (κ3) is 3.91. The highest BCUT2D eigenvalue weighted by Crippen LogP contribution is 2.24. The quantitative estimate of drug-likeness (QED) is 0.595. The van der Waals surface area contributed by atoms with Crippen molar-refractivity contribution in [2.75, 3.05) is 23.5 Å². The van der Waals surface area contributed by atoms with Crippen LogP contribution in [0.5, 0.6) is 5.75 Å². The van der Waals surface area contributed by atoms with Gasteiger partial charge in [-0.15, -0.1) is 10.2 Å². The molecule has 0 saturated heterocycles. The number of ether oxygens (including phenoxy) is 1. The Hall–Kier alpha value is -2.22. The summed E-state index contributed by atoms with van der Waals surface area (Å²) in [6.45, 7) is 4.38. The van der Waals surface area contributed by atoms with E-state index in [1.165, 1.54) is 16.4 Å². The fourth-order valence-electron chi connectivity index (χ4n) is 1.81. The summed E-state index contributed by atoms with van der Waals surface area (Å²) in [5, 5.41) is 11.3. The zero-order valence-electron chi connectivity index (χ0n) is 12.6. The van der Waals surface area contributed by atoms with Crippen LogP contribution in [0.4, 0.5) is 5.69 Å². The first kappa shape index (κ1) is 16.2. The Balaban J connectivity index is 1.94. The summed E-state index contributed by atoms with van der Waals surface area (Å²) in [6.07, 6.45) is 0.692. The molecular weight excluding hydrogens is 302 g/mol. The molecule has 0 spiro atoms. The minimum absolute atomic E-state index is 0.154. The lowest BCUT2D eigenvalue weighted by Crippen LogP contribution is -2.17. The maximum atomic E-state index is 12.0. The fourth-order valence-corrected chi connectivity index (χ4v) is 2.49. The van der Waals surface area contributed by atoms with E-state index in [1.807, 2.05) is 32.0 Å². The van der Waals surface area contributed by atoms with Crippen LogP contribution in [0.1, 0.15) is 19.7 Å². The molecule has 1 aromatic carbocycles. The molecule has 118 valence electrons. The average Bonchev–Trinajstić information content (AvgIpc) is 2.87. The van der Waals surface area contributed by atoms with Gasteiger partial charge < -0.3 is 15.9 Å². The number of nitrogen functional groups attached to an aromatic ring is 1. The van der Waals surface area contributed by atoms with Crippen LogP contribution < -0.4 is 15.9 Å². The van der Waals surface area contributed by atoms with E-state index in [1.54, 1.807) is 6.07 Å². The highest BCUT2D eigenvalue weighted by molar-refractivity contribution is 7.99. The number of carbonyl (C=O) groups excluding carboxylic acids is 1. The summed E-state index contributed by atoms with van der Waals surface area (Å²) >= 11 is 1.24. The van der Waals surface area contributed by atoms with E-state index in [0.717, 1.165) is 0 Å². The molecule has 1 aromatic heterocycles. The molecule has 0 radical (unpaired) electrons. The van der Waals surface area contributed by atoms with Crippen LogP contribution in [-0.4, -0.2) is 33.1 Å². The molecule has 7 nitrogen and oxygen atoms in total. The van der Waals surface area contributed by atoms with E-state index < -0.39 is 0 Å². The minimum atomic E-state index is -0.154. The number of rotatable bonds is 7. The van der Waals surface area contributed by atoms with E-state index in [0.29, 0.717) is 35.4 Å². The highest BCUT2D eigenvalue weighted by Gasteiger charge is 2.12. The van der Waals surface area contributed by atoms with Gasteiger partial charge in [0.2, 0.25) is 11.1 Å². The fraction of sp³-hybridized carbons (Fsp3) is 0.357. The minimum Gasteiger partial charge on any atom is -0.492 e. The smallest absolute Gasteiger partial charge is 0.234 e. The maximum Gasteiger partial charge on any atom is 0.234 e. The van der Waals surface area contributed by atoms with Crippen molar-refractivity contribution in [2.45, 2.75) is 25.4 Å². The van der Waals surface area contributed by atoms with Crippen LogP contribution in [0.15, 0.2) is 29.4 Å². The Morgan fingerprint density at radius 1 is 1.36 bits per heavy atom. The summed E-state index contributed by atoms with van der Waals surface area (Å²) in [4.78, 5) is 12.0. The van der Waals surface area contributed by atoms with Gasteiger partial charge in [-0.25, -0.2) is 4.68 Å². The largest absolute Gasteiger partial charge is 0.492 e. The van der Waals surface area contributed by atoms with Crippen molar-refractivity contribution >= 4 is 23.4 Å². The molecule has 0 unspecified atom stereocenters. The van der Waals surface area contributed by atoms with Crippen molar-refractivity contribution in [1.82, 2.24) is 14.9 Å². The normalized spacial score (nSPS) is 10.5. The molecular formula is C14H19N5O2S. The Morgan fingerprint density at radius 3 is 2.82 bits per heavy atom. The number of carbonyl (C=O) groups is 1. The van der Waals surface area contributed by atoms with Crippen molar-refractivity contribution in [3.8, 4) is 5.75 Å². The predicted octanol–water partition coefficient (Wildman–Crippen LogP) is 1.68. The lowest BCUT2D eigenvalue weighted by Gasteiger charge is -2.10. The third-order valence-electron chi connectivity index (χ3n) is 2.84. The van der Waals surface area contributed by atoms with Crippen molar-refractivity contribution in [3.05, 3.63) is 30.1 Å². The Labute approximate surface area is 133 Å². The second-order valence-electron chi connectivity index (χ2n) is 4.39. The molecule has 8 heteroatoms. The van der Waals surface area contributed by atoms with Crippen LogP contribution in [-0.2, 0) is 11.2 Å². The number of hydrogen-bond acceptors (Lipinski definition) is 6. The molecule has 1 heterocycles. The van der Waals surface area contributed by atoms with Gasteiger partial charge >= 0.3 is 0 Å². The van der Waals surface area contributed by atoms with Gasteiger partial charge in [0.1, 0.15) is 5.75 Å². The number of aryl methyl sites for hydroxylation is 1. The predicted molar refractivity (Wildman–Crippen MR) is 86.5 cm³/mol. The van der Waals surface area contributed by atoms with E-state index in [9.17, 15) is 4.79 Å².